The number of carbonyl (C=O) groups excluding carboxylic acids is 1. The maximum atomic E-state index is 11.4. The molecule has 1 N–H and O–H groups in total. The van der Waals surface area contributed by atoms with Crippen molar-refractivity contribution in [3.05, 3.63) is 34.0 Å². The van der Waals surface area contributed by atoms with Gasteiger partial charge in [-0.05, 0) is 30.9 Å². The Labute approximate surface area is 148 Å². The van der Waals surface area contributed by atoms with Crippen LogP contribution >= 0.6 is 0 Å². The second-order valence-electron chi connectivity index (χ2n) is 5.83. The van der Waals surface area contributed by atoms with Gasteiger partial charge in [-0.3, -0.25) is 10.1 Å². The highest BCUT2D eigenvalue weighted by Gasteiger charge is 2.23. The van der Waals surface area contributed by atoms with Crippen molar-refractivity contribution < 1.29 is 19.2 Å². The molecule has 10 nitrogen and oxygen atoms in total. The Balaban J connectivity index is 1.91. The van der Waals surface area contributed by atoms with Crippen LogP contribution in [-0.4, -0.2) is 40.7 Å². The van der Waals surface area contributed by atoms with E-state index in [1.807, 2.05) is 6.07 Å². The van der Waals surface area contributed by atoms with Crippen LogP contribution in [0.1, 0.15) is 31.1 Å². The fourth-order valence-corrected chi connectivity index (χ4v) is 2.89. The summed E-state index contributed by atoms with van der Waals surface area (Å²) in [5.74, 6) is 0. The molecule has 0 bridgehead atoms. The fraction of sp³-hybridized carbons (Fsp3) is 0.438. The van der Waals surface area contributed by atoms with Gasteiger partial charge in [-0.25, -0.2) is 14.9 Å². The van der Waals surface area contributed by atoms with Crippen molar-refractivity contribution in [1.82, 2.24) is 15.2 Å². The fourth-order valence-electron chi connectivity index (χ4n) is 2.89. The molecule has 26 heavy (non-hydrogen) atoms. The van der Waals surface area contributed by atoms with E-state index >= 15 is 0 Å². The molecule has 1 aromatic carbocycles. The smallest absolute Gasteiger partial charge is 0.427 e. The third kappa shape index (κ3) is 3.80. The molecule has 1 amide bonds. The molecule has 0 saturated carbocycles. The maximum absolute atomic E-state index is 11.4. The standard InChI is InChI=1S/C16H19N5O5/c1-25-16(22)19-17-6-5-11-8-13-12(14(9-11)21(23)24)10-18-20(13)15-4-2-3-7-26-15/h6,8-10,15H,2-5,7H2,1H3,(H,19,22). The number of hydrazone groups is 1. The molecule has 1 fully saturated rings. The number of non-ortho nitro benzene ring substituents is 1. The molecule has 1 saturated heterocycles. The number of aromatic nitrogens is 2. The first-order valence-corrected chi connectivity index (χ1v) is 8.21. The predicted octanol–water partition coefficient (Wildman–Crippen LogP) is 2.53. The zero-order chi connectivity index (χ0) is 18.5. The summed E-state index contributed by atoms with van der Waals surface area (Å²) in [7, 11) is 1.23. The van der Waals surface area contributed by atoms with Crippen molar-refractivity contribution in [2.75, 3.05) is 13.7 Å². The highest BCUT2D eigenvalue weighted by atomic mass is 16.6. The van der Waals surface area contributed by atoms with Crippen LogP contribution in [0.15, 0.2) is 23.4 Å². The predicted molar refractivity (Wildman–Crippen MR) is 93.0 cm³/mol. The summed E-state index contributed by atoms with van der Waals surface area (Å²) in [6, 6.07) is 3.32. The van der Waals surface area contributed by atoms with Crippen LogP contribution in [0.5, 0.6) is 0 Å². The number of hydrogen-bond acceptors (Lipinski definition) is 7. The molecule has 3 rings (SSSR count). The molecule has 1 aliphatic rings. The zero-order valence-electron chi connectivity index (χ0n) is 14.3. The minimum atomic E-state index is -0.685. The Morgan fingerprint density at radius 1 is 1.58 bits per heavy atom. The van der Waals surface area contributed by atoms with E-state index < -0.39 is 11.0 Å². The molecule has 0 aliphatic carbocycles. The second kappa shape index (κ2) is 7.91. The van der Waals surface area contributed by atoms with Gasteiger partial charge in [-0.1, -0.05) is 0 Å². The lowest BCUT2D eigenvalue weighted by Gasteiger charge is -2.23. The molecule has 2 aromatic rings. The third-order valence-electron chi connectivity index (χ3n) is 4.14. The summed E-state index contributed by atoms with van der Waals surface area (Å²) in [4.78, 5) is 22.0. The lowest BCUT2D eigenvalue weighted by Crippen LogP contribution is -2.19. The van der Waals surface area contributed by atoms with Gasteiger partial charge in [0.05, 0.1) is 29.1 Å². The largest absolute Gasteiger partial charge is 0.452 e. The number of carbonyl (C=O) groups is 1. The minimum absolute atomic E-state index is 0.0195. The quantitative estimate of drug-likeness (QED) is 0.496. The van der Waals surface area contributed by atoms with E-state index in [4.69, 9.17) is 4.74 Å². The molecule has 0 radical (unpaired) electrons. The SMILES string of the molecule is COC(=O)NN=CCc1cc([N+](=O)[O-])c2cnn(C3CCCCO3)c2c1. The first-order chi connectivity index (χ1) is 12.6. The van der Waals surface area contributed by atoms with E-state index in [1.165, 1.54) is 25.6 Å². The number of nitrogens with zero attached hydrogens (tertiary/aromatic N) is 4. The number of hydrogen-bond donors (Lipinski definition) is 1. The lowest BCUT2D eigenvalue weighted by atomic mass is 10.1. The number of methoxy groups -OCH3 is 1. The van der Waals surface area contributed by atoms with Crippen LogP contribution in [0.4, 0.5) is 10.5 Å². The van der Waals surface area contributed by atoms with E-state index in [-0.39, 0.29) is 11.9 Å². The van der Waals surface area contributed by atoms with Crippen molar-refractivity contribution in [3.8, 4) is 0 Å². The van der Waals surface area contributed by atoms with Gasteiger partial charge < -0.3 is 9.47 Å². The van der Waals surface area contributed by atoms with Gasteiger partial charge in [-0.2, -0.15) is 10.2 Å². The van der Waals surface area contributed by atoms with Crippen LogP contribution in [0.2, 0.25) is 0 Å². The molecular formula is C16H19N5O5. The Morgan fingerprint density at radius 2 is 2.42 bits per heavy atom. The van der Waals surface area contributed by atoms with Gasteiger partial charge >= 0.3 is 6.09 Å². The van der Waals surface area contributed by atoms with E-state index in [1.54, 1.807) is 4.68 Å². The van der Waals surface area contributed by atoms with Gasteiger partial charge in [-0.15, -0.1) is 0 Å². The number of ether oxygens (including phenoxy) is 2. The molecule has 10 heteroatoms. The van der Waals surface area contributed by atoms with Gasteiger partial charge in [0.1, 0.15) is 0 Å². The molecule has 1 unspecified atom stereocenters. The van der Waals surface area contributed by atoms with E-state index in [0.717, 1.165) is 19.3 Å². The van der Waals surface area contributed by atoms with Crippen molar-refractivity contribution >= 4 is 28.9 Å². The Kier molecular flexibility index (Phi) is 5.42. The summed E-state index contributed by atoms with van der Waals surface area (Å²) in [6.07, 6.45) is 5.20. The van der Waals surface area contributed by atoms with Gasteiger partial charge in [0.25, 0.3) is 5.69 Å². The monoisotopic (exact) mass is 361 g/mol. The maximum Gasteiger partial charge on any atom is 0.427 e. The number of nitro groups is 1. The average Bonchev–Trinajstić information content (AvgIpc) is 3.08. The van der Waals surface area contributed by atoms with Crippen molar-refractivity contribution in [1.29, 1.82) is 0 Å². The van der Waals surface area contributed by atoms with E-state index in [0.29, 0.717) is 29.5 Å². The third-order valence-corrected chi connectivity index (χ3v) is 4.14. The van der Waals surface area contributed by atoms with Gasteiger partial charge in [0.15, 0.2) is 6.23 Å². The highest BCUT2D eigenvalue weighted by Crippen LogP contribution is 2.31. The van der Waals surface area contributed by atoms with Gasteiger partial charge in [0, 0.05) is 25.3 Å². The summed E-state index contributed by atoms with van der Waals surface area (Å²) in [5.41, 5.74) is 3.48. The number of fused-ring (bicyclic) bond motifs is 1. The normalized spacial score (nSPS) is 17.5. The molecule has 0 spiro atoms. The summed E-state index contributed by atoms with van der Waals surface area (Å²) in [5, 5.41) is 20.0. The zero-order valence-corrected chi connectivity index (χ0v) is 14.3. The molecule has 2 heterocycles. The number of amides is 1. The summed E-state index contributed by atoms with van der Waals surface area (Å²) in [6.45, 7) is 0.652. The molecular weight excluding hydrogens is 342 g/mol. The van der Waals surface area contributed by atoms with Crippen LogP contribution < -0.4 is 5.43 Å². The topological polar surface area (TPSA) is 121 Å². The number of benzene rings is 1. The lowest BCUT2D eigenvalue weighted by molar-refractivity contribution is -0.383. The van der Waals surface area contributed by atoms with Crippen LogP contribution in [0, 0.1) is 10.1 Å². The second-order valence-corrected chi connectivity index (χ2v) is 5.83. The van der Waals surface area contributed by atoms with Crippen LogP contribution in [-0.2, 0) is 15.9 Å². The number of nitro benzene ring substituents is 1. The van der Waals surface area contributed by atoms with Gasteiger partial charge in [0.2, 0.25) is 0 Å². The molecule has 1 aliphatic heterocycles. The first-order valence-electron chi connectivity index (χ1n) is 8.21. The minimum Gasteiger partial charge on any atom is -0.452 e. The average molecular weight is 361 g/mol. The van der Waals surface area contributed by atoms with E-state index in [2.05, 4.69) is 20.4 Å². The van der Waals surface area contributed by atoms with E-state index in [9.17, 15) is 14.9 Å². The molecule has 1 aromatic heterocycles. The Morgan fingerprint density at radius 3 is 3.12 bits per heavy atom. The van der Waals surface area contributed by atoms with Crippen molar-refractivity contribution in [3.63, 3.8) is 0 Å². The molecule has 1 atom stereocenters. The van der Waals surface area contributed by atoms with Crippen LogP contribution in [0.3, 0.4) is 0 Å². The summed E-state index contributed by atoms with van der Waals surface area (Å²) >= 11 is 0. The van der Waals surface area contributed by atoms with Crippen molar-refractivity contribution in [2.24, 2.45) is 5.10 Å². The first kappa shape index (κ1) is 17.8. The summed E-state index contributed by atoms with van der Waals surface area (Å²) < 4.78 is 11.9. The Bertz CT molecular complexity index is 841. The number of rotatable bonds is 5. The highest BCUT2D eigenvalue weighted by molar-refractivity contribution is 5.89. The van der Waals surface area contributed by atoms with Crippen molar-refractivity contribution in [2.45, 2.75) is 31.9 Å². The molecule has 138 valence electrons. The van der Waals surface area contributed by atoms with Crippen LogP contribution in [0.25, 0.3) is 10.9 Å². The number of nitrogens with one attached hydrogen (secondary N) is 1. The Hall–Kier alpha value is -3.01.